The predicted molar refractivity (Wildman–Crippen MR) is 71.8 cm³/mol. The zero-order valence-electron chi connectivity index (χ0n) is 11.6. The first-order valence-electron chi connectivity index (χ1n) is 7.07. The zero-order chi connectivity index (χ0) is 12.0. The van der Waals surface area contributed by atoms with Gasteiger partial charge < -0.3 is 10.2 Å². The van der Waals surface area contributed by atoms with Crippen molar-refractivity contribution in [3.05, 3.63) is 0 Å². The molecule has 3 unspecified atom stereocenters. The van der Waals surface area contributed by atoms with Gasteiger partial charge in [-0.1, -0.05) is 26.7 Å². The molecular formula is C14H30N2. The molecule has 0 spiro atoms. The first-order chi connectivity index (χ1) is 7.63. The van der Waals surface area contributed by atoms with Crippen molar-refractivity contribution in [1.29, 1.82) is 0 Å². The normalized spacial score (nSPS) is 28.3. The molecule has 0 radical (unpaired) electrons. The Hall–Kier alpha value is -0.0800. The number of hydrogen-bond donors (Lipinski definition) is 1. The molecule has 0 aromatic rings. The van der Waals surface area contributed by atoms with Gasteiger partial charge in [0.05, 0.1) is 0 Å². The van der Waals surface area contributed by atoms with E-state index in [1.165, 1.54) is 38.6 Å². The molecule has 0 aliphatic heterocycles. The highest BCUT2D eigenvalue weighted by atomic mass is 15.1. The van der Waals surface area contributed by atoms with Crippen LogP contribution in [0.5, 0.6) is 0 Å². The van der Waals surface area contributed by atoms with Gasteiger partial charge in [-0.05, 0) is 52.2 Å². The monoisotopic (exact) mass is 226 g/mol. The maximum atomic E-state index is 3.49. The Morgan fingerprint density at radius 3 is 2.75 bits per heavy atom. The minimum absolute atomic E-state index is 0.661. The van der Waals surface area contributed by atoms with E-state index in [0.717, 1.165) is 18.5 Å². The number of nitrogens with zero attached hydrogens (tertiary/aromatic N) is 1. The third-order valence-corrected chi connectivity index (χ3v) is 4.00. The largest absolute Gasteiger partial charge is 0.314 e. The highest BCUT2D eigenvalue weighted by Crippen LogP contribution is 2.26. The van der Waals surface area contributed by atoms with Crippen molar-refractivity contribution in [1.82, 2.24) is 10.2 Å². The summed E-state index contributed by atoms with van der Waals surface area (Å²) in [4.78, 5) is 2.59. The van der Waals surface area contributed by atoms with Gasteiger partial charge in [-0.15, -0.1) is 0 Å². The van der Waals surface area contributed by atoms with Crippen LogP contribution in [0.2, 0.25) is 0 Å². The molecule has 1 N–H and O–H groups in total. The minimum Gasteiger partial charge on any atom is -0.314 e. The Bertz CT molecular complexity index is 182. The van der Waals surface area contributed by atoms with E-state index in [9.17, 15) is 0 Å². The Balaban J connectivity index is 2.20. The molecule has 2 heteroatoms. The van der Waals surface area contributed by atoms with Crippen molar-refractivity contribution >= 4 is 0 Å². The van der Waals surface area contributed by atoms with Gasteiger partial charge in [-0.3, -0.25) is 0 Å². The van der Waals surface area contributed by atoms with E-state index in [2.05, 4.69) is 38.0 Å². The van der Waals surface area contributed by atoms with E-state index in [-0.39, 0.29) is 0 Å². The molecule has 0 aromatic carbocycles. The molecule has 1 aliphatic carbocycles. The summed E-state index contributed by atoms with van der Waals surface area (Å²) in [5, 5.41) is 3.49. The van der Waals surface area contributed by atoms with Gasteiger partial charge >= 0.3 is 0 Å². The average Bonchev–Trinajstić information content (AvgIpc) is 2.26. The topological polar surface area (TPSA) is 15.3 Å². The second-order valence-electron chi connectivity index (χ2n) is 5.65. The van der Waals surface area contributed by atoms with Gasteiger partial charge in [0.15, 0.2) is 0 Å². The molecule has 1 aliphatic rings. The van der Waals surface area contributed by atoms with E-state index in [0.29, 0.717) is 6.04 Å². The van der Waals surface area contributed by atoms with Crippen molar-refractivity contribution in [2.75, 3.05) is 20.1 Å². The van der Waals surface area contributed by atoms with Crippen LogP contribution in [0.4, 0.5) is 0 Å². The molecule has 0 bridgehead atoms. The molecule has 1 saturated carbocycles. The Morgan fingerprint density at radius 1 is 1.38 bits per heavy atom. The summed E-state index contributed by atoms with van der Waals surface area (Å²) in [6.45, 7) is 9.21. The second kappa shape index (κ2) is 7.29. The molecule has 1 fully saturated rings. The summed E-state index contributed by atoms with van der Waals surface area (Å²) in [6, 6.07) is 1.51. The van der Waals surface area contributed by atoms with Crippen LogP contribution in [0.15, 0.2) is 0 Å². The van der Waals surface area contributed by atoms with Gasteiger partial charge in [-0.2, -0.15) is 0 Å². The highest BCUT2D eigenvalue weighted by Gasteiger charge is 2.22. The molecule has 0 saturated heterocycles. The summed E-state index contributed by atoms with van der Waals surface area (Å²) in [5.74, 6) is 0.937. The fraction of sp³-hybridized carbons (Fsp3) is 1.00. The molecule has 1 rings (SSSR count). The smallest absolute Gasteiger partial charge is 0.00947 e. The van der Waals surface area contributed by atoms with Gasteiger partial charge in [0.2, 0.25) is 0 Å². The van der Waals surface area contributed by atoms with Gasteiger partial charge in [0.1, 0.15) is 0 Å². The minimum atomic E-state index is 0.661. The van der Waals surface area contributed by atoms with Crippen LogP contribution < -0.4 is 5.32 Å². The lowest BCUT2D eigenvalue weighted by molar-refractivity contribution is 0.159. The lowest BCUT2D eigenvalue weighted by Gasteiger charge is -2.34. The Morgan fingerprint density at radius 2 is 2.12 bits per heavy atom. The maximum Gasteiger partial charge on any atom is 0.00947 e. The van der Waals surface area contributed by atoms with Crippen LogP contribution in [0.1, 0.15) is 52.9 Å². The van der Waals surface area contributed by atoms with Gasteiger partial charge in [0, 0.05) is 12.1 Å². The van der Waals surface area contributed by atoms with E-state index >= 15 is 0 Å². The third kappa shape index (κ3) is 4.84. The SMILES string of the molecule is CCNC(C)CCN(C)C1CCCC(C)C1. The second-order valence-corrected chi connectivity index (χ2v) is 5.65. The average molecular weight is 226 g/mol. The highest BCUT2D eigenvalue weighted by molar-refractivity contribution is 4.77. The molecule has 0 amide bonds. The van der Waals surface area contributed by atoms with Crippen LogP contribution in [-0.4, -0.2) is 37.1 Å². The van der Waals surface area contributed by atoms with Crippen molar-refractivity contribution in [2.24, 2.45) is 5.92 Å². The molecule has 16 heavy (non-hydrogen) atoms. The summed E-state index contributed by atoms with van der Waals surface area (Å²) < 4.78 is 0. The summed E-state index contributed by atoms with van der Waals surface area (Å²) in [6.07, 6.45) is 6.97. The van der Waals surface area contributed by atoms with Crippen LogP contribution in [0, 0.1) is 5.92 Å². The van der Waals surface area contributed by atoms with Crippen molar-refractivity contribution in [3.8, 4) is 0 Å². The Labute approximate surface area is 102 Å². The quantitative estimate of drug-likeness (QED) is 0.749. The lowest BCUT2D eigenvalue weighted by Crippen LogP contribution is -2.38. The molecule has 96 valence electrons. The number of rotatable bonds is 6. The molecule has 3 atom stereocenters. The zero-order valence-corrected chi connectivity index (χ0v) is 11.6. The van der Waals surface area contributed by atoms with Crippen molar-refractivity contribution < 1.29 is 0 Å². The summed E-state index contributed by atoms with van der Waals surface area (Å²) in [5.41, 5.74) is 0. The van der Waals surface area contributed by atoms with Crippen molar-refractivity contribution in [3.63, 3.8) is 0 Å². The first-order valence-corrected chi connectivity index (χ1v) is 7.07. The van der Waals surface area contributed by atoms with E-state index in [1.807, 2.05) is 0 Å². The van der Waals surface area contributed by atoms with E-state index < -0.39 is 0 Å². The van der Waals surface area contributed by atoms with Crippen LogP contribution in [-0.2, 0) is 0 Å². The molecule has 0 heterocycles. The standard InChI is InChI=1S/C14H30N2/c1-5-15-13(3)9-10-16(4)14-8-6-7-12(2)11-14/h12-15H,5-11H2,1-4H3. The van der Waals surface area contributed by atoms with E-state index in [4.69, 9.17) is 0 Å². The fourth-order valence-corrected chi connectivity index (χ4v) is 2.83. The first kappa shape index (κ1) is 14.0. The van der Waals surface area contributed by atoms with Crippen molar-refractivity contribution in [2.45, 2.75) is 65.0 Å². The van der Waals surface area contributed by atoms with Crippen LogP contribution in [0.3, 0.4) is 0 Å². The lowest BCUT2D eigenvalue weighted by atomic mass is 9.86. The number of hydrogen-bond acceptors (Lipinski definition) is 2. The van der Waals surface area contributed by atoms with Crippen LogP contribution in [0.25, 0.3) is 0 Å². The fourth-order valence-electron chi connectivity index (χ4n) is 2.83. The third-order valence-electron chi connectivity index (χ3n) is 4.00. The maximum absolute atomic E-state index is 3.49. The summed E-state index contributed by atoms with van der Waals surface area (Å²) in [7, 11) is 2.31. The molecule has 2 nitrogen and oxygen atoms in total. The summed E-state index contributed by atoms with van der Waals surface area (Å²) >= 11 is 0. The predicted octanol–water partition coefficient (Wildman–Crippen LogP) is 2.89. The number of nitrogens with one attached hydrogen (secondary N) is 1. The van der Waals surface area contributed by atoms with E-state index in [1.54, 1.807) is 0 Å². The molecular weight excluding hydrogens is 196 g/mol. The van der Waals surface area contributed by atoms with Gasteiger partial charge in [-0.25, -0.2) is 0 Å². The molecule has 0 aromatic heterocycles. The Kier molecular flexibility index (Phi) is 6.37. The van der Waals surface area contributed by atoms with Gasteiger partial charge in [0.25, 0.3) is 0 Å². The van der Waals surface area contributed by atoms with Crippen LogP contribution >= 0.6 is 0 Å².